The molecule has 0 N–H and O–H groups in total. The summed E-state index contributed by atoms with van der Waals surface area (Å²) in [5, 5.41) is 9.22. The molecule has 0 aromatic heterocycles. The van der Waals surface area contributed by atoms with Crippen LogP contribution < -0.4 is 0 Å². The van der Waals surface area contributed by atoms with Crippen LogP contribution in [-0.2, 0) is 24.7 Å². The van der Waals surface area contributed by atoms with E-state index in [-0.39, 0.29) is 66.6 Å². The molecule has 0 aliphatic carbocycles. The van der Waals surface area contributed by atoms with E-state index >= 15 is 0 Å². The number of sulfone groups is 1. The molecule has 9 nitrogen and oxygen atoms in total. The molecule has 1 amide bonds. The van der Waals surface area contributed by atoms with Gasteiger partial charge in [-0.2, -0.15) is 9.57 Å². The molecule has 11 heteroatoms. The highest BCUT2D eigenvalue weighted by Gasteiger charge is 2.35. The Kier molecular flexibility index (Phi) is 7.36. The van der Waals surface area contributed by atoms with Crippen molar-refractivity contribution in [3.8, 4) is 6.07 Å². The summed E-state index contributed by atoms with van der Waals surface area (Å²) >= 11 is 0. The molecule has 0 saturated carbocycles. The van der Waals surface area contributed by atoms with Crippen LogP contribution in [0.5, 0.6) is 0 Å². The molecule has 170 valence electrons. The molecule has 1 unspecified atom stereocenters. The van der Waals surface area contributed by atoms with Gasteiger partial charge in [0.2, 0.25) is 15.9 Å². The normalized spacial score (nSPS) is 21.8. The summed E-state index contributed by atoms with van der Waals surface area (Å²) in [5.74, 6) is 0.129. The number of piperazine rings is 1. The summed E-state index contributed by atoms with van der Waals surface area (Å²) in [5.41, 5.74) is 0.0997. The Bertz CT molecular complexity index is 1060. The number of amides is 1. The van der Waals surface area contributed by atoms with Gasteiger partial charge in [0, 0.05) is 32.2 Å². The van der Waals surface area contributed by atoms with Crippen molar-refractivity contribution < 1.29 is 21.6 Å². The lowest BCUT2D eigenvalue weighted by Crippen LogP contribution is -2.53. The largest absolute Gasteiger partial charge is 0.339 e. The Morgan fingerprint density at radius 3 is 2.48 bits per heavy atom. The molecule has 1 aromatic carbocycles. The van der Waals surface area contributed by atoms with E-state index in [1.165, 1.54) is 16.4 Å². The van der Waals surface area contributed by atoms with Gasteiger partial charge in [0.1, 0.15) is 6.07 Å². The number of hydrogen-bond donors (Lipinski definition) is 0. The van der Waals surface area contributed by atoms with E-state index in [4.69, 9.17) is 0 Å². The summed E-state index contributed by atoms with van der Waals surface area (Å²) in [6, 6.07) is 7.86. The maximum atomic E-state index is 12.9. The lowest BCUT2D eigenvalue weighted by atomic mass is 10.2. The molecule has 3 rings (SSSR count). The van der Waals surface area contributed by atoms with Gasteiger partial charge in [0.15, 0.2) is 9.84 Å². The molecule has 2 heterocycles. The van der Waals surface area contributed by atoms with Crippen molar-refractivity contribution in [3.05, 3.63) is 29.8 Å². The van der Waals surface area contributed by atoms with E-state index in [1.54, 1.807) is 17.0 Å². The standard InChI is InChI=1S/C20H28N4O5S2/c1-2-8-23(18-7-13-30(26,27)16-18)15-20(25)22-9-11-24(12-10-22)31(28,29)19-6-4-3-5-17(19)14-21/h3-6,18H,2,7-13,15-16H2,1H3. The maximum absolute atomic E-state index is 12.9. The number of nitriles is 1. The third kappa shape index (κ3) is 5.44. The van der Waals surface area contributed by atoms with Gasteiger partial charge in [-0.1, -0.05) is 19.1 Å². The monoisotopic (exact) mass is 468 g/mol. The van der Waals surface area contributed by atoms with E-state index < -0.39 is 19.9 Å². The van der Waals surface area contributed by atoms with Crippen LogP contribution >= 0.6 is 0 Å². The number of hydrogen-bond acceptors (Lipinski definition) is 7. The smallest absolute Gasteiger partial charge is 0.244 e. The molecule has 0 spiro atoms. The minimum atomic E-state index is -3.82. The topological polar surface area (TPSA) is 119 Å². The highest BCUT2D eigenvalue weighted by Crippen LogP contribution is 2.22. The van der Waals surface area contributed by atoms with E-state index in [1.807, 2.05) is 17.9 Å². The van der Waals surface area contributed by atoms with Crippen LogP contribution in [-0.4, -0.2) is 93.7 Å². The molecule has 1 atom stereocenters. The fourth-order valence-electron chi connectivity index (χ4n) is 4.12. The highest BCUT2D eigenvalue weighted by atomic mass is 32.2. The molecule has 2 saturated heterocycles. The Balaban J connectivity index is 1.62. The van der Waals surface area contributed by atoms with E-state index in [2.05, 4.69) is 0 Å². The molecule has 2 fully saturated rings. The van der Waals surface area contributed by atoms with Gasteiger partial charge in [-0.05, 0) is 31.5 Å². The summed E-state index contributed by atoms with van der Waals surface area (Å²) in [6.07, 6.45) is 1.36. The summed E-state index contributed by atoms with van der Waals surface area (Å²) in [7, 11) is -6.85. The van der Waals surface area contributed by atoms with Crippen LogP contribution in [0.1, 0.15) is 25.3 Å². The van der Waals surface area contributed by atoms with E-state index in [9.17, 15) is 26.9 Å². The van der Waals surface area contributed by atoms with Crippen molar-refractivity contribution >= 4 is 25.8 Å². The third-order valence-corrected chi connectivity index (χ3v) is 9.50. The predicted octanol–water partition coefficient (Wildman–Crippen LogP) is 0.290. The fraction of sp³-hybridized carbons (Fsp3) is 0.600. The summed E-state index contributed by atoms with van der Waals surface area (Å²) < 4.78 is 50.9. The molecule has 0 radical (unpaired) electrons. The van der Waals surface area contributed by atoms with Gasteiger partial charge in [-0.15, -0.1) is 0 Å². The molecular weight excluding hydrogens is 440 g/mol. The molecule has 1 aromatic rings. The minimum Gasteiger partial charge on any atom is -0.339 e. The van der Waals surface area contributed by atoms with Crippen molar-refractivity contribution in [2.24, 2.45) is 0 Å². The van der Waals surface area contributed by atoms with Crippen LogP contribution in [0.25, 0.3) is 0 Å². The van der Waals surface area contributed by atoms with Gasteiger partial charge in [0.05, 0.1) is 28.5 Å². The maximum Gasteiger partial charge on any atom is 0.244 e. The quantitative estimate of drug-likeness (QED) is 0.564. The first-order valence-electron chi connectivity index (χ1n) is 10.4. The van der Waals surface area contributed by atoms with Gasteiger partial charge < -0.3 is 4.90 Å². The number of benzene rings is 1. The Morgan fingerprint density at radius 1 is 1.23 bits per heavy atom. The second kappa shape index (κ2) is 9.65. The first kappa shape index (κ1) is 23.7. The molecule has 0 bridgehead atoms. The molecular formula is C20H28N4O5S2. The average Bonchev–Trinajstić information content (AvgIpc) is 3.13. The van der Waals surface area contributed by atoms with Crippen LogP contribution in [0.15, 0.2) is 29.2 Å². The average molecular weight is 469 g/mol. The second-order valence-electron chi connectivity index (χ2n) is 7.92. The first-order valence-corrected chi connectivity index (χ1v) is 13.7. The number of nitrogens with zero attached hydrogens (tertiary/aromatic N) is 4. The van der Waals surface area contributed by atoms with Crippen LogP contribution in [0, 0.1) is 11.3 Å². The summed E-state index contributed by atoms with van der Waals surface area (Å²) in [4.78, 5) is 16.4. The van der Waals surface area contributed by atoms with E-state index in [0.717, 1.165) is 6.42 Å². The number of carbonyl (C=O) groups is 1. The zero-order valence-electron chi connectivity index (χ0n) is 17.6. The number of sulfonamides is 1. The number of rotatable bonds is 7. The lowest BCUT2D eigenvalue weighted by Gasteiger charge is -2.36. The predicted molar refractivity (Wildman–Crippen MR) is 115 cm³/mol. The molecule has 2 aliphatic rings. The van der Waals surface area contributed by atoms with E-state index in [0.29, 0.717) is 13.0 Å². The molecule has 2 aliphatic heterocycles. The summed E-state index contributed by atoms with van der Waals surface area (Å²) in [6.45, 7) is 3.59. The Labute approximate surface area is 184 Å². The van der Waals surface area contributed by atoms with Crippen molar-refractivity contribution in [2.45, 2.75) is 30.7 Å². The van der Waals surface area contributed by atoms with Crippen LogP contribution in [0.4, 0.5) is 0 Å². The third-order valence-electron chi connectivity index (χ3n) is 5.79. The van der Waals surface area contributed by atoms with Crippen molar-refractivity contribution in [3.63, 3.8) is 0 Å². The van der Waals surface area contributed by atoms with Crippen molar-refractivity contribution in [2.75, 3.05) is 50.8 Å². The van der Waals surface area contributed by atoms with Crippen LogP contribution in [0.2, 0.25) is 0 Å². The van der Waals surface area contributed by atoms with Crippen LogP contribution in [0.3, 0.4) is 0 Å². The number of carbonyl (C=O) groups excluding carboxylic acids is 1. The fourth-order valence-corrected chi connectivity index (χ4v) is 7.44. The Morgan fingerprint density at radius 2 is 1.90 bits per heavy atom. The van der Waals surface area contributed by atoms with Crippen molar-refractivity contribution in [1.82, 2.24) is 14.1 Å². The van der Waals surface area contributed by atoms with Gasteiger partial charge >= 0.3 is 0 Å². The van der Waals surface area contributed by atoms with Gasteiger partial charge in [0.25, 0.3) is 0 Å². The van der Waals surface area contributed by atoms with Gasteiger partial charge in [-0.25, -0.2) is 16.8 Å². The second-order valence-corrected chi connectivity index (χ2v) is 12.1. The lowest BCUT2D eigenvalue weighted by molar-refractivity contribution is -0.134. The van der Waals surface area contributed by atoms with Gasteiger partial charge in [-0.3, -0.25) is 9.69 Å². The zero-order valence-corrected chi connectivity index (χ0v) is 19.2. The minimum absolute atomic E-state index is 0.0196. The van der Waals surface area contributed by atoms with Crippen molar-refractivity contribution in [1.29, 1.82) is 5.26 Å². The molecule has 31 heavy (non-hydrogen) atoms. The SMILES string of the molecule is CCCN(CC(=O)N1CCN(S(=O)(=O)c2ccccc2C#N)CC1)C1CCS(=O)(=O)C1. The first-order chi connectivity index (χ1) is 14.7. The highest BCUT2D eigenvalue weighted by molar-refractivity contribution is 7.91. The Hall–Kier alpha value is -2.00. The zero-order chi connectivity index (χ0) is 22.6.